The van der Waals surface area contributed by atoms with Crippen LogP contribution in [0.2, 0.25) is 19.6 Å². The molecule has 4 amide bonds. The van der Waals surface area contributed by atoms with Crippen molar-refractivity contribution >= 4 is 52.8 Å². The number of nitrogens with zero attached hydrogens (tertiary/aromatic N) is 2. The number of amides is 4. The van der Waals surface area contributed by atoms with E-state index in [0.717, 1.165) is 5.56 Å². The average molecular weight is 862 g/mol. The Bertz CT molecular complexity index is 2300. The van der Waals surface area contributed by atoms with Gasteiger partial charge in [0, 0.05) is 35.4 Å². The molecule has 5 atom stereocenters. The molecular weight excluding hydrogens is 803 g/mol. The number of fused-ring (bicyclic) bond motifs is 1. The monoisotopic (exact) mass is 861 g/mol. The third-order valence-electron chi connectivity index (χ3n) is 11.8. The highest BCUT2D eigenvalue weighted by Gasteiger charge is 2.66. The lowest BCUT2D eigenvalue weighted by molar-refractivity contribution is -0.143. The summed E-state index contributed by atoms with van der Waals surface area (Å²) in [4.78, 5) is 62.9. The first-order valence-corrected chi connectivity index (χ1v) is 25.4. The lowest BCUT2D eigenvalue weighted by atomic mass is 9.85. The van der Waals surface area contributed by atoms with Gasteiger partial charge in [-0.1, -0.05) is 76.8 Å². The number of likely N-dealkylation sites (tertiary alicyclic amines) is 1. The minimum Gasteiger partial charge on any atom is -0.497 e. The van der Waals surface area contributed by atoms with Gasteiger partial charge in [-0.2, -0.15) is 0 Å². The van der Waals surface area contributed by atoms with E-state index in [1.807, 2.05) is 62.1 Å². The van der Waals surface area contributed by atoms with Crippen LogP contribution in [0.5, 0.6) is 11.5 Å². The molecule has 2 unspecified atom stereocenters. The van der Waals surface area contributed by atoms with E-state index in [9.17, 15) is 27.6 Å². The highest BCUT2D eigenvalue weighted by molar-refractivity contribution is 7.93. The number of carbonyl (C=O) groups is 4. The second-order valence-electron chi connectivity index (χ2n) is 19.4. The fourth-order valence-corrected chi connectivity index (χ4v) is 14.4. The molecule has 2 heterocycles. The Morgan fingerprint density at radius 2 is 1.67 bits per heavy atom. The Morgan fingerprint density at radius 3 is 2.22 bits per heavy atom. The van der Waals surface area contributed by atoms with E-state index in [4.69, 9.17) is 19.2 Å². The van der Waals surface area contributed by atoms with Crippen molar-refractivity contribution in [3.63, 3.8) is 0 Å². The Kier molecular flexibility index (Phi) is 11.8. The molecule has 3 N–H and O–H groups in total. The van der Waals surface area contributed by atoms with Crippen LogP contribution in [0.3, 0.4) is 0 Å². The maximum atomic E-state index is 14.8. The summed E-state index contributed by atoms with van der Waals surface area (Å²) in [6.45, 7) is 20.2. The van der Waals surface area contributed by atoms with E-state index in [-0.39, 0.29) is 19.4 Å². The van der Waals surface area contributed by atoms with E-state index in [2.05, 4.69) is 21.9 Å². The van der Waals surface area contributed by atoms with Crippen molar-refractivity contribution in [1.82, 2.24) is 25.2 Å². The van der Waals surface area contributed by atoms with E-state index >= 15 is 0 Å². The number of nitrogens with one attached hydrogen (secondary N) is 3. The number of ether oxygens (including phenoxy) is 3. The Balaban J connectivity index is 1.35. The number of sulfonamides is 1. The summed E-state index contributed by atoms with van der Waals surface area (Å²) in [5.74, 6) is -1.55. The standard InChI is InChI=1S/C44H59N5O9SSi/c1-12-28-25-44(28,39(52)48-59(54,55)43(20-21-43)60(9,10)11)47-37(50)34-23-30(26-49(34)38(51)36(41(2,3)4)46-40(53)58-42(5,6)7)57-35-24-32(27-16-14-13-15-17-27)45-33-22-29(56-8)18-19-31(33)35/h12-19,22,24,28,30,34,36H,1,20-21,23,25-26H2,2-11H3,(H,46,53)(H,47,50)(H,48,52)/t28?,30-,34+,36-,44?/m1/s1. The number of hydrogen-bond acceptors (Lipinski definition) is 10. The fourth-order valence-electron chi connectivity index (χ4n) is 8.14. The maximum Gasteiger partial charge on any atom is 0.408 e. The Labute approximate surface area is 354 Å². The second-order valence-corrected chi connectivity index (χ2v) is 27.2. The van der Waals surface area contributed by atoms with Gasteiger partial charge in [-0.25, -0.2) is 18.2 Å². The van der Waals surface area contributed by atoms with Crippen LogP contribution in [0.25, 0.3) is 22.2 Å². The van der Waals surface area contributed by atoms with Crippen LogP contribution in [0.15, 0.2) is 67.3 Å². The van der Waals surface area contributed by atoms with Crippen LogP contribution in [0, 0.1) is 11.3 Å². The highest BCUT2D eigenvalue weighted by Crippen LogP contribution is 2.51. The van der Waals surface area contributed by atoms with Gasteiger partial charge in [0.05, 0.1) is 37.3 Å². The number of alkyl carbamates (subject to hydrolysis) is 1. The third kappa shape index (κ3) is 8.90. The van der Waals surface area contributed by atoms with Gasteiger partial charge in [0.2, 0.25) is 21.8 Å². The molecule has 2 saturated carbocycles. The van der Waals surface area contributed by atoms with Crippen molar-refractivity contribution in [2.45, 2.75) is 121 Å². The lowest BCUT2D eigenvalue weighted by Gasteiger charge is -2.36. The molecule has 3 aromatic rings. The number of methoxy groups -OCH3 is 1. The van der Waals surface area contributed by atoms with Gasteiger partial charge in [0.25, 0.3) is 5.91 Å². The number of carbonyl (C=O) groups excluding carboxylic acids is 4. The van der Waals surface area contributed by atoms with Gasteiger partial charge in [-0.05, 0) is 57.6 Å². The van der Waals surface area contributed by atoms with Gasteiger partial charge in [-0.3, -0.25) is 19.1 Å². The molecule has 2 aliphatic carbocycles. The molecule has 6 rings (SSSR count). The zero-order chi connectivity index (χ0) is 44.2. The summed E-state index contributed by atoms with van der Waals surface area (Å²) in [6.07, 6.45) is 1.06. The van der Waals surface area contributed by atoms with E-state index < -0.39 is 86.9 Å². The largest absolute Gasteiger partial charge is 0.497 e. The first-order chi connectivity index (χ1) is 27.8. The van der Waals surface area contributed by atoms with Crippen LogP contribution < -0.4 is 24.8 Å². The SMILES string of the molecule is C=CC1CC1(NC(=O)[C@@H]1C[C@@H](Oc2cc(-c3ccccc3)nc3cc(OC)ccc23)CN1C(=O)[C@@H](NC(=O)OC(C)(C)C)C(C)(C)C)C(=O)NS(=O)(=O)C1([Si](C)(C)C)CC1. The number of benzene rings is 2. The normalized spacial score (nSPS) is 22.9. The quantitative estimate of drug-likeness (QED) is 0.134. The predicted octanol–water partition coefficient (Wildman–Crippen LogP) is 6.12. The van der Waals surface area contributed by atoms with Crippen LogP contribution in [-0.4, -0.2) is 97.5 Å². The molecule has 60 heavy (non-hydrogen) atoms. The zero-order valence-corrected chi connectivity index (χ0v) is 38.1. The van der Waals surface area contributed by atoms with Gasteiger partial charge in [0.15, 0.2) is 0 Å². The smallest absolute Gasteiger partial charge is 0.408 e. The Hall–Kier alpha value is -4.96. The maximum absolute atomic E-state index is 14.8. The van der Waals surface area contributed by atoms with Crippen LogP contribution >= 0.6 is 0 Å². The molecule has 1 saturated heterocycles. The molecule has 3 aliphatic rings. The van der Waals surface area contributed by atoms with Crippen LogP contribution in [0.4, 0.5) is 4.79 Å². The van der Waals surface area contributed by atoms with Crippen molar-refractivity contribution in [3.05, 3.63) is 67.3 Å². The van der Waals surface area contributed by atoms with E-state index in [1.165, 1.54) is 11.0 Å². The van der Waals surface area contributed by atoms with Gasteiger partial charge < -0.3 is 29.7 Å². The fraction of sp³-hybridized carbons (Fsp3) is 0.523. The number of pyridine rings is 1. The Morgan fingerprint density at radius 1 is 1.00 bits per heavy atom. The average Bonchev–Trinajstić information content (AvgIpc) is 4.07. The predicted molar refractivity (Wildman–Crippen MR) is 232 cm³/mol. The minimum atomic E-state index is -4.07. The molecule has 3 fully saturated rings. The summed E-state index contributed by atoms with van der Waals surface area (Å²) < 4.78 is 46.7. The molecule has 0 radical (unpaired) electrons. The first-order valence-electron chi connectivity index (χ1n) is 20.4. The van der Waals surface area contributed by atoms with Crippen molar-refractivity contribution in [2.75, 3.05) is 13.7 Å². The van der Waals surface area contributed by atoms with Crippen LogP contribution in [0.1, 0.15) is 67.2 Å². The molecule has 14 nitrogen and oxygen atoms in total. The van der Waals surface area contributed by atoms with Gasteiger partial charge >= 0.3 is 6.09 Å². The number of hydrogen-bond donors (Lipinski definition) is 3. The summed E-state index contributed by atoms with van der Waals surface area (Å²) in [5.41, 5.74) is -1.20. The van der Waals surface area contributed by atoms with Crippen LogP contribution in [-0.2, 0) is 29.1 Å². The van der Waals surface area contributed by atoms with Crippen molar-refractivity contribution in [2.24, 2.45) is 11.3 Å². The lowest BCUT2D eigenvalue weighted by Crippen LogP contribution is -2.61. The van der Waals surface area contributed by atoms with Crippen molar-refractivity contribution < 1.29 is 41.8 Å². The van der Waals surface area contributed by atoms with Crippen molar-refractivity contribution in [1.29, 1.82) is 0 Å². The summed E-state index contributed by atoms with van der Waals surface area (Å²) >= 11 is 0. The molecule has 2 aromatic carbocycles. The highest BCUT2D eigenvalue weighted by atomic mass is 32.2. The van der Waals surface area contributed by atoms with Crippen molar-refractivity contribution in [3.8, 4) is 22.8 Å². The van der Waals surface area contributed by atoms with E-state index in [1.54, 1.807) is 60.8 Å². The topological polar surface area (TPSA) is 182 Å². The van der Waals surface area contributed by atoms with Gasteiger partial charge in [-0.15, -0.1) is 6.58 Å². The first kappa shape index (κ1) is 44.6. The minimum absolute atomic E-state index is 0.00893. The zero-order valence-electron chi connectivity index (χ0n) is 36.3. The third-order valence-corrected chi connectivity index (χ3v) is 19.6. The summed E-state index contributed by atoms with van der Waals surface area (Å²) in [5, 5.41) is 6.29. The van der Waals surface area contributed by atoms with Gasteiger partial charge in [0.1, 0.15) is 40.8 Å². The second kappa shape index (κ2) is 15.8. The van der Waals surface area contributed by atoms with E-state index in [0.29, 0.717) is 40.9 Å². The molecular formula is C44H59N5O9SSi. The molecule has 1 aromatic heterocycles. The number of rotatable bonds is 13. The molecule has 16 heteroatoms. The number of aromatic nitrogens is 1. The molecule has 324 valence electrons. The summed E-state index contributed by atoms with van der Waals surface area (Å²) in [6, 6.07) is 14.5. The molecule has 1 aliphatic heterocycles. The summed E-state index contributed by atoms with van der Waals surface area (Å²) in [7, 11) is -4.77. The molecule has 0 spiro atoms. The molecule has 0 bridgehead atoms.